The lowest BCUT2D eigenvalue weighted by Gasteiger charge is -2.04. The summed E-state index contributed by atoms with van der Waals surface area (Å²) in [5, 5.41) is 2.86. The summed E-state index contributed by atoms with van der Waals surface area (Å²) >= 11 is 0. The molecule has 0 aliphatic carbocycles. The summed E-state index contributed by atoms with van der Waals surface area (Å²) in [5.41, 5.74) is 6.05. The number of nitrogens with one attached hydrogen (secondary N) is 1. The van der Waals surface area contributed by atoms with E-state index in [1.807, 2.05) is 0 Å². The zero-order chi connectivity index (χ0) is 14.3. The number of amides is 1. The van der Waals surface area contributed by atoms with Crippen molar-refractivity contribution in [2.75, 3.05) is 13.1 Å². The van der Waals surface area contributed by atoms with Gasteiger partial charge in [0.2, 0.25) is 5.91 Å². The van der Waals surface area contributed by atoms with Crippen molar-refractivity contribution in [3.8, 4) is 0 Å². The van der Waals surface area contributed by atoms with E-state index in [4.69, 9.17) is 5.73 Å². The standard InChI is InChI=1S/C16H32N2O/c1-15(2)16(19)18-14-12-10-8-6-4-3-5-7-9-11-13-17/h1,3-14,17H2,2H3,(H,18,19). The van der Waals surface area contributed by atoms with Crippen LogP contribution in [-0.4, -0.2) is 19.0 Å². The van der Waals surface area contributed by atoms with Gasteiger partial charge in [0.1, 0.15) is 0 Å². The van der Waals surface area contributed by atoms with Crippen LogP contribution in [0.2, 0.25) is 0 Å². The van der Waals surface area contributed by atoms with Gasteiger partial charge in [0.05, 0.1) is 0 Å². The fourth-order valence-electron chi connectivity index (χ4n) is 2.04. The molecule has 0 aliphatic heterocycles. The molecule has 0 bridgehead atoms. The molecule has 0 saturated carbocycles. The Hall–Kier alpha value is -0.830. The Morgan fingerprint density at radius 2 is 1.32 bits per heavy atom. The number of carbonyl (C=O) groups is 1. The molecule has 0 atom stereocenters. The van der Waals surface area contributed by atoms with Crippen molar-refractivity contribution in [3.63, 3.8) is 0 Å². The Balaban J connectivity index is 3.07. The lowest BCUT2D eigenvalue weighted by Crippen LogP contribution is -2.24. The molecule has 0 fully saturated rings. The van der Waals surface area contributed by atoms with Crippen LogP contribution < -0.4 is 11.1 Å². The second kappa shape index (κ2) is 13.6. The molecule has 1 amide bonds. The van der Waals surface area contributed by atoms with E-state index in [2.05, 4.69) is 11.9 Å². The van der Waals surface area contributed by atoms with E-state index in [1.165, 1.54) is 57.8 Å². The van der Waals surface area contributed by atoms with Crippen molar-refractivity contribution in [2.45, 2.75) is 71.1 Å². The highest BCUT2D eigenvalue weighted by molar-refractivity contribution is 5.91. The van der Waals surface area contributed by atoms with E-state index in [0.29, 0.717) is 5.57 Å². The lowest BCUT2D eigenvalue weighted by molar-refractivity contribution is -0.117. The molecule has 0 saturated heterocycles. The zero-order valence-electron chi connectivity index (χ0n) is 12.7. The predicted octanol–water partition coefficient (Wildman–Crippen LogP) is 3.54. The molecule has 19 heavy (non-hydrogen) atoms. The van der Waals surface area contributed by atoms with E-state index in [9.17, 15) is 4.79 Å². The molecule has 0 aromatic heterocycles. The fourth-order valence-corrected chi connectivity index (χ4v) is 2.04. The number of rotatable bonds is 13. The third kappa shape index (κ3) is 13.4. The van der Waals surface area contributed by atoms with Crippen LogP contribution in [0.4, 0.5) is 0 Å². The number of carbonyl (C=O) groups excluding carboxylic acids is 1. The number of nitrogens with two attached hydrogens (primary N) is 1. The minimum Gasteiger partial charge on any atom is -0.352 e. The molecule has 0 aromatic carbocycles. The van der Waals surface area contributed by atoms with Crippen molar-refractivity contribution in [2.24, 2.45) is 5.73 Å². The van der Waals surface area contributed by atoms with Crippen LogP contribution in [0.15, 0.2) is 12.2 Å². The number of hydrogen-bond donors (Lipinski definition) is 2. The normalized spacial score (nSPS) is 10.4. The zero-order valence-corrected chi connectivity index (χ0v) is 12.7. The van der Waals surface area contributed by atoms with Gasteiger partial charge in [-0.2, -0.15) is 0 Å². The van der Waals surface area contributed by atoms with Crippen LogP contribution in [0.1, 0.15) is 71.1 Å². The van der Waals surface area contributed by atoms with Crippen LogP contribution in [0, 0.1) is 0 Å². The van der Waals surface area contributed by atoms with Gasteiger partial charge in [0.15, 0.2) is 0 Å². The fraction of sp³-hybridized carbons (Fsp3) is 0.812. The molecule has 3 N–H and O–H groups in total. The van der Waals surface area contributed by atoms with E-state index in [0.717, 1.165) is 19.5 Å². The molecule has 0 spiro atoms. The first-order valence-corrected chi connectivity index (χ1v) is 7.82. The van der Waals surface area contributed by atoms with E-state index in [-0.39, 0.29) is 5.91 Å². The molecular weight excluding hydrogens is 236 g/mol. The van der Waals surface area contributed by atoms with Crippen molar-refractivity contribution < 1.29 is 4.79 Å². The van der Waals surface area contributed by atoms with Crippen LogP contribution in [-0.2, 0) is 4.79 Å². The van der Waals surface area contributed by atoms with Gasteiger partial charge in [-0.1, -0.05) is 57.9 Å². The Morgan fingerprint density at radius 3 is 1.74 bits per heavy atom. The summed E-state index contributed by atoms with van der Waals surface area (Å²) in [5.74, 6) is -0.0162. The first-order chi connectivity index (χ1) is 9.18. The highest BCUT2D eigenvalue weighted by Gasteiger charge is 1.99. The first kappa shape index (κ1) is 18.2. The molecule has 0 aliphatic rings. The van der Waals surface area contributed by atoms with Crippen molar-refractivity contribution >= 4 is 5.91 Å². The van der Waals surface area contributed by atoms with Gasteiger partial charge in [-0.3, -0.25) is 4.79 Å². The smallest absolute Gasteiger partial charge is 0.246 e. The second-order valence-electron chi connectivity index (χ2n) is 5.36. The quantitative estimate of drug-likeness (QED) is 0.396. The average Bonchev–Trinajstić information content (AvgIpc) is 2.39. The molecule has 0 heterocycles. The largest absolute Gasteiger partial charge is 0.352 e. The van der Waals surface area contributed by atoms with Crippen molar-refractivity contribution in [3.05, 3.63) is 12.2 Å². The summed E-state index contributed by atoms with van der Waals surface area (Å²) in [7, 11) is 0. The maximum absolute atomic E-state index is 11.2. The topological polar surface area (TPSA) is 55.1 Å². The molecule has 3 nitrogen and oxygen atoms in total. The van der Waals surface area contributed by atoms with Gasteiger partial charge < -0.3 is 11.1 Å². The highest BCUT2D eigenvalue weighted by Crippen LogP contribution is 2.10. The minimum absolute atomic E-state index is 0.0162. The SMILES string of the molecule is C=C(C)C(=O)NCCCCCCCCCCCCN. The van der Waals surface area contributed by atoms with Gasteiger partial charge in [0, 0.05) is 12.1 Å². The van der Waals surface area contributed by atoms with Crippen LogP contribution in [0.5, 0.6) is 0 Å². The third-order valence-corrected chi connectivity index (χ3v) is 3.30. The van der Waals surface area contributed by atoms with E-state index < -0.39 is 0 Å². The maximum atomic E-state index is 11.2. The van der Waals surface area contributed by atoms with E-state index in [1.54, 1.807) is 6.92 Å². The molecular formula is C16H32N2O. The molecule has 0 unspecified atom stereocenters. The minimum atomic E-state index is -0.0162. The van der Waals surface area contributed by atoms with Crippen LogP contribution >= 0.6 is 0 Å². The predicted molar refractivity (Wildman–Crippen MR) is 83.0 cm³/mol. The lowest BCUT2D eigenvalue weighted by atomic mass is 10.1. The van der Waals surface area contributed by atoms with Gasteiger partial charge in [-0.05, 0) is 26.3 Å². The molecule has 0 radical (unpaired) electrons. The highest BCUT2D eigenvalue weighted by atomic mass is 16.1. The Kier molecular flexibility index (Phi) is 13.0. The monoisotopic (exact) mass is 268 g/mol. The molecule has 0 rings (SSSR count). The van der Waals surface area contributed by atoms with Crippen LogP contribution in [0.25, 0.3) is 0 Å². The summed E-state index contributed by atoms with van der Waals surface area (Å²) < 4.78 is 0. The van der Waals surface area contributed by atoms with Crippen molar-refractivity contribution in [1.82, 2.24) is 5.32 Å². The van der Waals surface area contributed by atoms with Gasteiger partial charge in [-0.15, -0.1) is 0 Å². The summed E-state index contributed by atoms with van der Waals surface area (Å²) in [4.78, 5) is 11.2. The molecule has 0 aromatic rings. The number of unbranched alkanes of at least 4 members (excludes halogenated alkanes) is 9. The second-order valence-corrected chi connectivity index (χ2v) is 5.36. The summed E-state index contributed by atoms with van der Waals surface area (Å²) in [6.07, 6.45) is 12.8. The Bertz CT molecular complexity index is 239. The van der Waals surface area contributed by atoms with Crippen molar-refractivity contribution in [1.29, 1.82) is 0 Å². The van der Waals surface area contributed by atoms with Crippen LogP contribution in [0.3, 0.4) is 0 Å². The average molecular weight is 268 g/mol. The molecule has 112 valence electrons. The number of hydrogen-bond acceptors (Lipinski definition) is 2. The Labute approximate surface area is 119 Å². The summed E-state index contributed by atoms with van der Waals surface area (Å²) in [6, 6.07) is 0. The van der Waals surface area contributed by atoms with Gasteiger partial charge in [-0.25, -0.2) is 0 Å². The molecule has 3 heteroatoms. The van der Waals surface area contributed by atoms with E-state index >= 15 is 0 Å². The Morgan fingerprint density at radius 1 is 0.895 bits per heavy atom. The third-order valence-electron chi connectivity index (χ3n) is 3.30. The first-order valence-electron chi connectivity index (χ1n) is 7.82. The van der Waals surface area contributed by atoms with Gasteiger partial charge in [0.25, 0.3) is 0 Å². The maximum Gasteiger partial charge on any atom is 0.246 e. The van der Waals surface area contributed by atoms with Gasteiger partial charge >= 0.3 is 0 Å². The summed E-state index contributed by atoms with van der Waals surface area (Å²) in [6.45, 7) is 6.97.